The summed E-state index contributed by atoms with van der Waals surface area (Å²) in [5.41, 5.74) is 6.98. The minimum absolute atomic E-state index is 0.123. The van der Waals surface area contributed by atoms with Gasteiger partial charge in [-0.2, -0.15) is 0 Å². The van der Waals surface area contributed by atoms with Crippen LogP contribution in [0.2, 0.25) is 0 Å². The van der Waals surface area contributed by atoms with Crippen LogP contribution in [0.4, 0.5) is 0 Å². The number of Topliss-reactive ketones (excluding diaryl/α,β-unsaturated/α-hetero) is 1. The molecule has 2 nitrogen and oxygen atoms in total. The van der Waals surface area contributed by atoms with Crippen LogP contribution in [0.15, 0.2) is 42.5 Å². The van der Waals surface area contributed by atoms with Crippen LogP contribution in [0, 0.1) is 0 Å². The van der Waals surface area contributed by atoms with Gasteiger partial charge in [0.15, 0.2) is 0 Å². The summed E-state index contributed by atoms with van der Waals surface area (Å²) >= 11 is 0. The van der Waals surface area contributed by atoms with Crippen LogP contribution in [-0.2, 0) is 11.2 Å². The first kappa shape index (κ1) is 11.8. The van der Waals surface area contributed by atoms with Crippen LogP contribution in [0.3, 0.4) is 0 Å². The number of benzene rings is 2. The van der Waals surface area contributed by atoms with Crippen molar-refractivity contribution in [3.05, 3.63) is 48.0 Å². The highest BCUT2D eigenvalue weighted by molar-refractivity contribution is 5.85. The maximum Gasteiger partial charge on any atom is 0.149 e. The van der Waals surface area contributed by atoms with Gasteiger partial charge in [-0.25, -0.2) is 0 Å². The molecule has 0 radical (unpaired) electrons. The van der Waals surface area contributed by atoms with Crippen molar-refractivity contribution in [3.63, 3.8) is 0 Å². The van der Waals surface area contributed by atoms with E-state index in [2.05, 4.69) is 24.3 Å². The van der Waals surface area contributed by atoms with Crippen LogP contribution in [0.5, 0.6) is 0 Å². The van der Waals surface area contributed by atoms with E-state index in [9.17, 15) is 4.79 Å². The third-order valence-corrected chi connectivity index (χ3v) is 3.03. The van der Waals surface area contributed by atoms with E-state index in [0.29, 0.717) is 12.8 Å². The highest BCUT2D eigenvalue weighted by atomic mass is 16.1. The van der Waals surface area contributed by atoms with Crippen LogP contribution >= 0.6 is 0 Å². The molecule has 17 heavy (non-hydrogen) atoms. The molecule has 1 atom stereocenters. The van der Waals surface area contributed by atoms with Crippen LogP contribution in [-0.4, -0.2) is 11.8 Å². The molecule has 0 spiro atoms. The third-order valence-electron chi connectivity index (χ3n) is 3.03. The Labute approximate surface area is 101 Å². The lowest BCUT2D eigenvalue weighted by Crippen LogP contribution is -2.32. The molecule has 88 valence electrons. The average molecular weight is 227 g/mol. The molecule has 0 heterocycles. The zero-order chi connectivity index (χ0) is 12.3. The van der Waals surface area contributed by atoms with Crippen molar-refractivity contribution in [2.75, 3.05) is 0 Å². The number of fused-ring (bicyclic) bond motifs is 1. The Bertz CT molecular complexity index is 533. The summed E-state index contributed by atoms with van der Waals surface area (Å²) in [5.74, 6) is 0.123. The lowest BCUT2D eigenvalue weighted by atomic mass is 9.99. The Morgan fingerprint density at radius 2 is 1.88 bits per heavy atom. The zero-order valence-electron chi connectivity index (χ0n) is 10.0. The maximum absolute atomic E-state index is 11.5. The summed E-state index contributed by atoms with van der Waals surface area (Å²) in [6.45, 7) is 1.85. The first-order valence-corrected chi connectivity index (χ1v) is 5.96. The minimum Gasteiger partial charge on any atom is -0.321 e. The number of carbonyl (C=O) groups excluding carboxylic acids is 1. The summed E-state index contributed by atoms with van der Waals surface area (Å²) in [4.78, 5) is 11.5. The molecule has 1 unspecified atom stereocenters. The Kier molecular flexibility index (Phi) is 3.55. The first-order chi connectivity index (χ1) is 8.20. The largest absolute Gasteiger partial charge is 0.321 e. The predicted octanol–water partition coefficient (Wildman–Crippen LogP) is 2.69. The van der Waals surface area contributed by atoms with E-state index < -0.39 is 0 Å². The number of hydrogen-bond donors (Lipinski definition) is 1. The molecular formula is C15H17NO. The van der Waals surface area contributed by atoms with Crippen molar-refractivity contribution in [3.8, 4) is 0 Å². The number of nitrogens with two attached hydrogens (primary N) is 1. The third kappa shape index (κ3) is 2.71. The Hall–Kier alpha value is -1.67. The van der Waals surface area contributed by atoms with Gasteiger partial charge >= 0.3 is 0 Å². The lowest BCUT2D eigenvalue weighted by Gasteiger charge is -2.10. The van der Waals surface area contributed by atoms with Crippen LogP contribution in [0.25, 0.3) is 10.8 Å². The molecule has 0 bridgehead atoms. The summed E-state index contributed by atoms with van der Waals surface area (Å²) in [6.07, 6.45) is 1.13. The molecule has 2 aromatic carbocycles. The van der Waals surface area contributed by atoms with Crippen molar-refractivity contribution in [2.45, 2.75) is 25.8 Å². The summed E-state index contributed by atoms with van der Waals surface area (Å²) in [6, 6.07) is 14.1. The van der Waals surface area contributed by atoms with Gasteiger partial charge in [0.1, 0.15) is 5.78 Å². The van der Waals surface area contributed by atoms with Crippen molar-refractivity contribution in [2.24, 2.45) is 5.73 Å². The molecule has 0 aromatic heterocycles. The van der Waals surface area contributed by atoms with Gasteiger partial charge in [-0.15, -0.1) is 0 Å². The van der Waals surface area contributed by atoms with E-state index in [0.717, 1.165) is 5.56 Å². The van der Waals surface area contributed by atoms with E-state index in [1.165, 1.54) is 10.8 Å². The SMILES string of the molecule is CCC(=O)C(N)Cc1ccc2ccccc2c1. The summed E-state index contributed by atoms with van der Waals surface area (Å²) < 4.78 is 0. The highest BCUT2D eigenvalue weighted by Gasteiger charge is 2.11. The van der Waals surface area contributed by atoms with Crippen molar-refractivity contribution in [1.29, 1.82) is 0 Å². The Morgan fingerprint density at radius 3 is 2.59 bits per heavy atom. The first-order valence-electron chi connectivity index (χ1n) is 5.96. The molecule has 0 aliphatic carbocycles. The molecule has 0 aliphatic heterocycles. The van der Waals surface area contributed by atoms with E-state index in [4.69, 9.17) is 5.73 Å². The molecule has 0 amide bonds. The lowest BCUT2D eigenvalue weighted by molar-refractivity contribution is -0.119. The van der Waals surface area contributed by atoms with E-state index in [1.807, 2.05) is 25.1 Å². The molecule has 0 fully saturated rings. The average Bonchev–Trinajstić information content (AvgIpc) is 2.37. The molecule has 2 heteroatoms. The second-order valence-electron chi connectivity index (χ2n) is 4.31. The standard InChI is InChI=1S/C15H17NO/c1-2-15(17)14(16)10-11-7-8-12-5-3-4-6-13(12)9-11/h3-9,14H,2,10,16H2,1H3. The topological polar surface area (TPSA) is 43.1 Å². The van der Waals surface area contributed by atoms with Gasteiger partial charge in [-0.3, -0.25) is 4.79 Å². The van der Waals surface area contributed by atoms with Gasteiger partial charge < -0.3 is 5.73 Å². The second kappa shape index (κ2) is 5.11. The number of ketones is 1. The van der Waals surface area contributed by atoms with Gasteiger partial charge in [-0.05, 0) is 22.8 Å². The smallest absolute Gasteiger partial charge is 0.149 e. The molecule has 0 saturated carbocycles. The molecular weight excluding hydrogens is 210 g/mol. The van der Waals surface area contributed by atoms with Crippen molar-refractivity contribution >= 4 is 16.6 Å². The fourth-order valence-corrected chi connectivity index (χ4v) is 2.00. The molecule has 0 saturated heterocycles. The molecule has 2 rings (SSSR count). The monoisotopic (exact) mass is 227 g/mol. The van der Waals surface area contributed by atoms with Gasteiger partial charge in [0.25, 0.3) is 0 Å². The molecule has 2 aromatic rings. The maximum atomic E-state index is 11.5. The van der Waals surface area contributed by atoms with Gasteiger partial charge in [0, 0.05) is 6.42 Å². The summed E-state index contributed by atoms with van der Waals surface area (Å²) in [5, 5.41) is 2.41. The van der Waals surface area contributed by atoms with Gasteiger partial charge in [-0.1, -0.05) is 49.4 Å². The van der Waals surface area contributed by atoms with Crippen molar-refractivity contribution in [1.82, 2.24) is 0 Å². The quantitative estimate of drug-likeness (QED) is 0.872. The van der Waals surface area contributed by atoms with E-state index >= 15 is 0 Å². The number of hydrogen-bond acceptors (Lipinski definition) is 2. The van der Waals surface area contributed by atoms with Crippen molar-refractivity contribution < 1.29 is 4.79 Å². The molecule has 2 N–H and O–H groups in total. The van der Waals surface area contributed by atoms with Crippen LogP contribution < -0.4 is 5.73 Å². The minimum atomic E-state index is -0.374. The zero-order valence-corrected chi connectivity index (χ0v) is 10.0. The summed E-state index contributed by atoms with van der Waals surface area (Å²) in [7, 11) is 0. The van der Waals surface area contributed by atoms with Gasteiger partial charge in [0.2, 0.25) is 0 Å². The normalized spacial score (nSPS) is 12.6. The Balaban J connectivity index is 2.22. The van der Waals surface area contributed by atoms with E-state index in [1.54, 1.807) is 0 Å². The van der Waals surface area contributed by atoms with Crippen LogP contribution in [0.1, 0.15) is 18.9 Å². The predicted molar refractivity (Wildman–Crippen MR) is 70.9 cm³/mol. The number of rotatable bonds is 4. The van der Waals surface area contributed by atoms with E-state index in [-0.39, 0.29) is 11.8 Å². The van der Waals surface area contributed by atoms with Gasteiger partial charge in [0.05, 0.1) is 6.04 Å². The fourth-order valence-electron chi connectivity index (χ4n) is 2.00. The highest BCUT2D eigenvalue weighted by Crippen LogP contribution is 2.16. The fraction of sp³-hybridized carbons (Fsp3) is 0.267. The second-order valence-corrected chi connectivity index (χ2v) is 4.31. The Morgan fingerprint density at radius 1 is 1.18 bits per heavy atom. The molecule has 0 aliphatic rings. The number of carbonyl (C=O) groups is 1.